The van der Waals surface area contributed by atoms with Crippen molar-refractivity contribution in [2.45, 2.75) is 84.6 Å². The molecule has 0 aromatic heterocycles. The molecule has 0 bridgehead atoms. The molecular weight excluding hydrogens is 350 g/mol. The Morgan fingerprint density at radius 1 is 0.964 bits per heavy atom. The molecule has 4 fully saturated rings. The lowest BCUT2D eigenvalue weighted by Crippen LogP contribution is -2.55. The normalized spacial score (nSPS) is 47.6. The van der Waals surface area contributed by atoms with Crippen LogP contribution in [0.2, 0.25) is 0 Å². The summed E-state index contributed by atoms with van der Waals surface area (Å²) in [7, 11) is 1.46. The molecule has 0 aromatic rings. The third-order valence-corrected chi connectivity index (χ3v) is 9.92. The van der Waals surface area contributed by atoms with E-state index < -0.39 is 0 Å². The fourth-order valence-corrected chi connectivity index (χ4v) is 8.41. The van der Waals surface area contributed by atoms with Crippen molar-refractivity contribution in [3.8, 4) is 0 Å². The Morgan fingerprint density at radius 2 is 1.68 bits per heavy atom. The number of hydrogen-bond acceptors (Lipinski definition) is 4. The number of fused-ring (bicyclic) bond motifs is 5. The van der Waals surface area contributed by atoms with E-state index >= 15 is 0 Å². The van der Waals surface area contributed by atoms with Crippen molar-refractivity contribution in [3.63, 3.8) is 0 Å². The fourth-order valence-electron chi connectivity index (χ4n) is 8.41. The first-order valence-electron chi connectivity index (χ1n) is 11.6. The Bertz CT molecular complexity index is 633. The average molecular weight is 390 g/mol. The summed E-state index contributed by atoms with van der Waals surface area (Å²) in [6.45, 7) is 7.18. The number of ether oxygens (including phenoxy) is 1. The van der Waals surface area contributed by atoms with Gasteiger partial charge in [0.2, 0.25) is 0 Å². The van der Waals surface area contributed by atoms with Gasteiger partial charge in [0.05, 0.1) is 13.7 Å². The maximum atomic E-state index is 12.3. The van der Waals surface area contributed by atoms with Crippen LogP contribution >= 0.6 is 0 Å². The first-order chi connectivity index (χ1) is 13.3. The number of rotatable bonds is 4. The highest BCUT2D eigenvalue weighted by Crippen LogP contribution is 2.67. The van der Waals surface area contributed by atoms with Gasteiger partial charge >= 0.3 is 5.97 Å². The molecule has 4 aliphatic rings. The smallest absolute Gasteiger partial charge is 0.319 e. The van der Waals surface area contributed by atoms with Gasteiger partial charge in [-0.25, -0.2) is 0 Å². The van der Waals surface area contributed by atoms with Gasteiger partial charge in [0.15, 0.2) is 0 Å². The molecule has 0 aromatic carbocycles. The maximum absolute atomic E-state index is 12.3. The van der Waals surface area contributed by atoms with E-state index in [1.165, 1.54) is 58.5 Å². The molecule has 3 unspecified atom stereocenters. The van der Waals surface area contributed by atoms with E-state index in [4.69, 9.17) is 4.74 Å². The van der Waals surface area contributed by atoms with Crippen molar-refractivity contribution in [1.82, 2.24) is 5.32 Å². The maximum Gasteiger partial charge on any atom is 0.319 e. The SMILES string of the molecule is COC(=O)CN[C@@H]1CC[C@]2(C)C3CC[C@@]4(C)C(CC[C@@H]4C(C)=O)C3CC[C@@H]2C1. The molecule has 4 saturated carbocycles. The summed E-state index contributed by atoms with van der Waals surface area (Å²) < 4.78 is 4.79. The van der Waals surface area contributed by atoms with E-state index in [9.17, 15) is 9.59 Å². The molecular formula is C24H39NO3. The van der Waals surface area contributed by atoms with Crippen LogP contribution in [0.5, 0.6) is 0 Å². The van der Waals surface area contributed by atoms with Gasteiger partial charge in [-0.3, -0.25) is 9.59 Å². The second-order valence-corrected chi connectivity index (χ2v) is 10.9. The Morgan fingerprint density at radius 3 is 2.39 bits per heavy atom. The van der Waals surface area contributed by atoms with Crippen molar-refractivity contribution < 1.29 is 14.3 Å². The number of methoxy groups -OCH3 is 1. The summed E-state index contributed by atoms with van der Waals surface area (Å²) in [5.74, 6) is 3.76. The molecule has 0 radical (unpaired) electrons. The quantitative estimate of drug-likeness (QED) is 0.726. The lowest BCUT2D eigenvalue weighted by Gasteiger charge is -2.61. The van der Waals surface area contributed by atoms with E-state index in [1.807, 2.05) is 6.92 Å². The average Bonchev–Trinajstić information content (AvgIpc) is 3.03. The molecule has 0 spiro atoms. The van der Waals surface area contributed by atoms with Crippen LogP contribution < -0.4 is 5.32 Å². The van der Waals surface area contributed by atoms with Crippen molar-refractivity contribution in [3.05, 3.63) is 0 Å². The van der Waals surface area contributed by atoms with E-state index in [2.05, 4.69) is 19.2 Å². The topological polar surface area (TPSA) is 55.4 Å². The van der Waals surface area contributed by atoms with Crippen LogP contribution in [0, 0.1) is 40.4 Å². The third kappa shape index (κ3) is 3.14. The highest BCUT2D eigenvalue weighted by atomic mass is 16.5. The number of Topliss-reactive ketones (excluding diaryl/α,β-unsaturated/α-hetero) is 1. The van der Waals surface area contributed by atoms with Crippen molar-refractivity contribution >= 4 is 11.8 Å². The fraction of sp³-hybridized carbons (Fsp3) is 0.917. The van der Waals surface area contributed by atoms with Crippen LogP contribution in [-0.2, 0) is 14.3 Å². The standard InChI is InChI=1S/C24H39NO3/c1-15(26)19-7-8-20-18-6-5-16-13-17(25-14-22(27)28-4)9-11-23(16,2)21(18)10-12-24(19,20)3/h16-21,25H,5-14H2,1-4H3/t16-,17-,18?,19-,20?,21?,23+,24-/m1/s1. The summed E-state index contributed by atoms with van der Waals surface area (Å²) in [5, 5.41) is 3.44. The lowest BCUT2D eigenvalue weighted by molar-refractivity contribution is -0.140. The first kappa shape index (κ1) is 20.4. The van der Waals surface area contributed by atoms with Crippen LogP contribution in [0.4, 0.5) is 0 Å². The van der Waals surface area contributed by atoms with Crippen LogP contribution in [0.25, 0.3) is 0 Å². The Hall–Kier alpha value is -0.900. The van der Waals surface area contributed by atoms with Gasteiger partial charge in [-0.1, -0.05) is 13.8 Å². The Kier molecular flexibility index (Phi) is 5.39. The number of hydrogen-bond donors (Lipinski definition) is 1. The minimum atomic E-state index is -0.162. The molecule has 28 heavy (non-hydrogen) atoms. The van der Waals surface area contributed by atoms with Crippen LogP contribution in [0.3, 0.4) is 0 Å². The highest BCUT2D eigenvalue weighted by molar-refractivity contribution is 5.79. The third-order valence-electron chi connectivity index (χ3n) is 9.92. The minimum Gasteiger partial charge on any atom is -0.468 e. The Balaban J connectivity index is 1.46. The molecule has 0 saturated heterocycles. The van der Waals surface area contributed by atoms with Gasteiger partial charge in [-0.2, -0.15) is 0 Å². The largest absolute Gasteiger partial charge is 0.468 e. The van der Waals surface area contributed by atoms with Gasteiger partial charge in [-0.05, 0) is 99.2 Å². The van der Waals surface area contributed by atoms with Crippen LogP contribution in [0.15, 0.2) is 0 Å². The predicted octanol–water partition coefficient (Wildman–Crippen LogP) is 4.37. The van der Waals surface area contributed by atoms with Gasteiger partial charge in [0.1, 0.15) is 5.78 Å². The van der Waals surface area contributed by atoms with E-state index in [0.717, 1.165) is 30.1 Å². The zero-order valence-corrected chi connectivity index (χ0v) is 18.3. The molecule has 158 valence electrons. The summed E-state index contributed by atoms with van der Waals surface area (Å²) in [6.07, 6.45) is 11.3. The molecule has 4 heteroatoms. The number of carbonyl (C=O) groups excluding carboxylic acids is 2. The van der Waals surface area contributed by atoms with Gasteiger partial charge < -0.3 is 10.1 Å². The van der Waals surface area contributed by atoms with Gasteiger partial charge in [0, 0.05) is 12.0 Å². The summed E-state index contributed by atoms with van der Waals surface area (Å²) in [4.78, 5) is 23.8. The minimum absolute atomic E-state index is 0.162. The van der Waals surface area contributed by atoms with Crippen molar-refractivity contribution in [1.29, 1.82) is 0 Å². The molecule has 4 aliphatic carbocycles. The van der Waals surface area contributed by atoms with Crippen LogP contribution in [0.1, 0.15) is 78.6 Å². The van der Waals surface area contributed by atoms with Crippen molar-refractivity contribution in [2.24, 2.45) is 40.4 Å². The van der Waals surface area contributed by atoms with Crippen molar-refractivity contribution in [2.75, 3.05) is 13.7 Å². The molecule has 4 nitrogen and oxygen atoms in total. The number of nitrogens with one attached hydrogen (secondary N) is 1. The Labute approximate surface area is 170 Å². The van der Waals surface area contributed by atoms with E-state index in [-0.39, 0.29) is 11.4 Å². The number of ketones is 1. The molecule has 0 heterocycles. The van der Waals surface area contributed by atoms with Gasteiger partial charge in [0.25, 0.3) is 0 Å². The molecule has 1 N–H and O–H groups in total. The molecule has 4 rings (SSSR count). The lowest BCUT2D eigenvalue weighted by atomic mass is 9.44. The second-order valence-electron chi connectivity index (χ2n) is 10.9. The van der Waals surface area contributed by atoms with E-state index in [1.54, 1.807) is 0 Å². The summed E-state index contributed by atoms with van der Waals surface area (Å²) in [6, 6.07) is 0.455. The van der Waals surface area contributed by atoms with Crippen LogP contribution in [-0.4, -0.2) is 31.4 Å². The molecule has 0 amide bonds. The number of esters is 1. The molecule has 8 atom stereocenters. The monoisotopic (exact) mass is 389 g/mol. The summed E-state index contributed by atoms with van der Waals surface area (Å²) >= 11 is 0. The zero-order valence-electron chi connectivity index (χ0n) is 18.3. The first-order valence-corrected chi connectivity index (χ1v) is 11.6. The molecule has 0 aliphatic heterocycles. The number of carbonyl (C=O) groups is 2. The summed E-state index contributed by atoms with van der Waals surface area (Å²) in [5.41, 5.74) is 0.706. The van der Waals surface area contributed by atoms with Gasteiger partial charge in [-0.15, -0.1) is 0 Å². The zero-order chi connectivity index (χ0) is 20.1. The second kappa shape index (κ2) is 7.41. The van der Waals surface area contributed by atoms with E-state index in [0.29, 0.717) is 29.7 Å². The highest BCUT2D eigenvalue weighted by Gasteiger charge is 2.60. The predicted molar refractivity (Wildman–Crippen MR) is 110 cm³/mol.